The summed E-state index contributed by atoms with van der Waals surface area (Å²) in [6.07, 6.45) is 3.42. The lowest BCUT2D eigenvalue weighted by Gasteiger charge is -2.02. The molecule has 0 fully saturated rings. The lowest BCUT2D eigenvalue weighted by Crippen LogP contribution is -1.89. The Morgan fingerprint density at radius 3 is 2.91 bits per heavy atom. The van der Waals surface area contributed by atoms with Crippen LogP contribution in [0.3, 0.4) is 0 Å². The zero-order valence-electron chi connectivity index (χ0n) is 11.4. The van der Waals surface area contributed by atoms with Gasteiger partial charge in [-0.25, -0.2) is 4.98 Å². The molecule has 2 aromatic carbocycles. The van der Waals surface area contributed by atoms with Crippen molar-refractivity contribution in [1.82, 2.24) is 15.2 Å². The van der Waals surface area contributed by atoms with Crippen LogP contribution >= 0.6 is 11.6 Å². The molecule has 0 saturated carbocycles. The van der Waals surface area contributed by atoms with Crippen LogP contribution in [0.25, 0.3) is 22.2 Å². The van der Waals surface area contributed by atoms with Crippen molar-refractivity contribution < 1.29 is 4.42 Å². The maximum atomic E-state index is 6.16. The predicted octanol–water partition coefficient (Wildman–Crippen LogP) is 4.61. The second-order valence-corrected chi connectivity index (χ2v) is 5.21. The van der Waals surface area contributed by atoms with Gasteiger partial charge in [-0.05, 0) is 30.3 Å². The van der Waals surface area contributed by atoms with Crippen molar-refractivity contribution in [2.75, 3.05) is 5.32 Å². The first-order chi connectivity index (χ1) is 10.8. The van der Waals surface area contributed by atoms with E-state index in [9.17, 15) is 0 Å². The summed E-state index contributed by atoms with van der Waals surface area (Å²) in [5.41, 5.74) is 2.67. The highest BCUT2D eigenvalue weighted by Gasteiger charge is 2.09. The van der Waals surface area contributed by atoms with E-state index in [2.05, 4.69) is 20.5 Å². The van der Waals surface area contributed by atoms with Crippen molar-refractivity contribution >= 4 is 34.2 Å². The van der Waals surface area contributed by atoms with E-state index in [0.29, 0.717) is 16.8 Å². The van der Waals surface area contributed by atoms with Gasteiger partial charge in [0.1, 0.15) is 0 Å². The minimum absolute atomic E-state index is 0.415. The quantitative estimate of drug-likeness (QED) is 0.579. The SMILES string of the molecule is Clc1ccccc1-c1cnc(Nc2ccc3[nH]ncc3c2)o1. The molecule has 0 saturated heterocycles. The first kappa shape index (κ1) is 12.9. The van der Waals surface area contributed by atoms with Crippen LogP contribution in [-0.2, 0) is 0 Å². The van der Waals surface area contributed by atoms with Crippen LogP contribution in [0, 0.1) is 0 Å². The van der Waals surface area contributed by atoms with E-state index in [4.69, 9.17) is 16.0 Å². The fraction of sp³-hybridized carbons (Fsp3) is 0. The zero-order valence-corrected chi connectivity index (χ0v) is 12.1. The third kappa shape index (κ3) is 2.31. The Labute approximate surface area is 130 Å². The third-order valence-corrected chi connectivity index (χ3v) is 3.67. The molecule has 2 aromatic heterocycles. The molecule has 0 amide bonds. The van der Waals surface area contributed by atoms with E-state index in [1.54, 1.807) is 12.4 Å². The highest BCUT2D eigenvalue weighted by atomic mass is 35.5. The highest BCUT2D eigenvalue weighted by molar-refractivity contribution is 6.33. The highest BCUT2D eigenvalue weighted by Crippen LogP contribution is 2.30. The van der Waals surface area contributed by atoms with Gasteiger partial charge in [0.05, 0.1) is 22.9 Å². The fourth-order valence-corrected chi connectivity index (χ4v) is 2.49. The average Bonchev–Trinajstić information content (AvgIpc) is 3.16. The molecule has 22 heavy (non-hydrogen) atoms. The topological polar surface area (TPSA) is 66.7 Å². The van der Waals surface area contributed by atoms with Crippen molar-refractivity contribution in [1.29, 1.82) is 0 Å². The minimum atomic E-state index is 0.415. The molecule has 6 heteroatoms. The summed E-state index contributed by atoms with van der Waals surface area (Å²) in [6.45, 7) is 0. The van der Waals surface area contributed by atoms with Crippen molar-refractivity contribution in [3.63, 3.8) is 0 Å². The smallest absolute Gasteiger partial charge is 0.299 e. The average molecular weight is 311 g/mol. The number of aromatic amines is 1. The Bertz CT molecular complexity index is 944. The molecule has 2 N–H and O–H groups in total. The minimum Gasteiger partial charge on any atom is -0.423 e. The number of fused-ring (bicyclic) bond motifs is 1. The number of H-pyrrole nitrogens is 1. The number of halogens is 1. The Kier molecular flexibility index (Phi) is 3.05. The number of aromatic nitrogens is 3. The molecular weight excluding hydrogens is 300 g/mol. The normalized spacial score (nSPS) is 11.0. The number of nitrogens with zero attached hydrogens (tertiary/aromatic N) is 2. The van der Waals surface area contributed by atoms with Crippen LogP contribution < -0.4 is 5.32 Å². The van der Waals surface area contributed by atoms with E-state index in [0.717, 1.165) is 22.2 Å². The van der Waals surface area contributed by atoms with Gasteiger partial charge < -0.3 is 9.73 Å². The zero-order chi connectivity index (χ0) is 14.9. The number of hydrogen-bond donors (Lipinski definition) is 2. The van der Waals surface area contributed by atoms with E-state index in [1.165, 1.54) is 0 Å². The van der Waals surface area contributed by atoms with Crippen LogP contribution in [0.4, 0.5) is 11.7 Å². The Hall–Kier alpha value is -2.79. The van der Waals surface area contributed by atoms with E-state index in [-0.39, 0.29) is 0 Å². The fourth-order valence-electron chi connectivity index (χ4n) is 2.26. The molecule has 2 heterocycles. The largest absolute Gasteiger partial charge is 0.423 e. The summed E-state index contributed by atoms with van der Waals surface area (Å²) >= 11 is 6.16. The van der Waals surface area contributed by atoms with Crippen LogP contribution in [0.1, 0.15) is 0 Å². The maximum absolute atomic E-state index is 6.16. The molecule has 0 radical (unpaired) electrons. The van der Waals surface area contributed by atoms with Crippen LogP contribution in [0.2, 0.25) is 5.02 Å². The standard InChI is InChI=1S/C16H11ClN4O/c17-13-4-2-1-3-12(13)15-9-18-16(22-15)20-11-5-6-14-10(7-11)8-19-21-14/h1-9H,(H,18,20)(H,19,21). The molecule has 0 aliphatic rings. The lowest BCUT2D eigenvalue weighted by atomic mass is 10.2. The molecular formula is C16H11ClN4O. The number of benzene rings is 2. The van der Waals surface area contributed by atoms with Crippen LogP contribution in [0.5, 0.6) is 0 Å². The van der Waals surface area contributed by atoms with Gasteiger partial charge in [-0.2, -0.15) is 5.10 Å². The summed E-state index contributed by atoms with van der Waals surface area (Å²) in [5.74, 6) is 0.623. The van der Waals surface area contributed by atoms with Gasteiger partial charge >= 0.3 is 0 Å². The molecule has 0 unspecified atom stereocenters. The van der Waals surface area contributed by atoms with Crippen LogP contribution in [-0.4, -0.2) is 15.2 Å². The monoisotopic (exact) mass is 310 g/mol. The second-order valence-electron chi connectivity index (χ2n) is 4.81. The van der Waals surface area contributed by atoms with Crippen molar-refractivity contribution in [2.45, 2.75) is 0 Å². The molecule has 0 aliphatic carbocycles. The van der Waals surface area contributed by atoms with Gasteiger partial charge in [-0.15, -0.1) is 0 Å². The number of rotatable bonds is 3. The van der Waals surface area contributed by atoms with E-state index in [1.807, 2.05) is 42.5 Å². The maximum Gasteiger partial charge on any atom is 0.299 e. The Balaban J connectivity index is 1.63. The second kappa shape index (κ2) is 5.20. The summed E-state index contributed by atoms with van der Waals surface area (Å²) < 4.78 is 5.72. The van der Waals surface area contributed by atoms with Crippen molar-refractivity contribution in [3.05, 3.63) is 59.9 Å². The third-order valence-electron chi connectivity index (χ3n) is 3.34. The van der Waals surface area contributed by atoms with E-state index >= 15 is 0 Å². The van der Waals surface area contributed by atoms with Crippen molar-refractivity contribution in [2.24, 2.45) is 0 Å². The lowest BCUT2D eigenvalue weighted by molar-refractivity contribution is 0.592. The van der Waals surface area contributed by atoms with Gasteiger partial charge in [0, 0.05) is 16.6 Å². The van der Waals surface area contributed by atoms with Gasteiger partial charge in [0.15, 0.2) is 5.76 Å². The first-order valence-corrected chi connectivity index (χ1v) is 7.08. The summed E-state index contributed by atoms with van der Waals surface area (Å²) in [5, 5.41) is 11.7. The van der Waals surface area contributed by atoms with Gasteiger partial charge in [-0.3, -0.25) is 5.10 Å². The van der Waals surface area contributed by atoms with E-state index < -0.39 is 0 Å². The van der Waals surface area contributed by atoms with Crippen molar-refractivity contribution in [3.8, 4) is 11.3 Å². The molecule has 108 valence electrons. The molecule has 0 bridgehead atoms. The molecule has 4 rings (SSSR count). The van der Waals surface area contributed by atoms with Crippen LogP contribution in [0.15, 0.2) is 59.3 Å². The van der Waals surface area contributed by atoms with Gasteiger partial charge in [-0.1, -0.05) is 23.7 Å². The molecule has 4 aromatic rings. The molecule has 5 nitrogen and oxygen atoms in total. The molecule has 0 atom stereocenters. The summed E-state index contributed by atoms with van der Waals surface area (Å²) in [4.78, 5) is 4.24. The predicted molar refractivity (Wildman–Crippen MR) is 86.3 cm³/mol. The Morgan fingerprint density at radius 2 is 2.00 bits per heavy atom. The number of oxazole rings is 1. The first-order valence-electron chi connectivity index (χ1n) is 6.70. The summed E-state index contributed by atoms with van der Waals surface area (Å²) in [6, 6.07) is 13.8. The van der Waals surface area contributed by atoms with Gasteiger partial charge in [0.2, 0.25) is 0 Å². The number of anilines is 2. The number of nitrogens with one attached hydrogen (secondary N) is 2. The Morgan fingerprint density at radius 1 is 1.09 bits per heavy atom. The molecule has 0 spiro atoms. The molecule has 0 aliphatic heterocycles. The summed E-state index contributed by atoms with van der Waals surface area (Å²) in [7, 11) is 0. The van der Waals surface area contributed by atoms with Gasteiger partial charge in [0.25, 0.3) is 6.01 Å². The number of hydrogen-bond acceptors (Lipinski definition) is 4.